The number of aromatic nitrogens is 2. The quantitative estimate of drug-likeness (QED) is 0.935. The van der Waals surface area contributed by atoms with E-state index in [9.17, 15) is 5.11 Å². The fourth-order valence-electron chi connectivity index (χ4n) is 4.05. The molecule has 1 unspecified atom stereocenters. The van der Waals surface area contributed by atoms with E-state index in [1.165, 1.54) is 37.6 Å². The van der Waals surface area contributed by atoms with E-state index >= 15 is 0 Å². The number of thiophene rings is 1. The van der Waals surface area contributed by atoms with Crippen LogP contribution in [0.5, 0.6) is 0 Å². The van der Waals surface area contributed by atoms with Crippen LogP contribution in [0.1, 0.15) is 25.7 Å². The third-order valence-corrected chi connectivity index (χ3v) is 6.15. The number of hydrogen-bond donors (Lipinski definition) is 1. The van der Waals surface area contributed by atoms with E-state index in [1.54, 1.807) is 17.7 Å². The number of anilines is 1. The second kappa shape index (κ2) is 6.71. The highest BCUT2D eigenvalue weighted by molar-refractivity contribution is 7.16. The van der Waals surface area contributed by atoms with Crippen molar-refractivity contribution in [3.05, 3.63) is 17.8 Å². The standard InChI is InChI=1S/C17H24N4OS/c22-11-13-2-1-6-21(10-13)14-3-7-20(8-4-14)16-15-5-9-23-17(15)19-12-18-16/h5,9,12-14,22H,1-4,6-8,10-11H2. The molecule has 1 atom stereocenters. The Labute approximate surface area is 141 Å². The van der Waals surface area contributed by atoms with Crippen LogP contribution in [0.25, 0.3) is 10.2 Å². The molecule has 0 spiro atoms. The molecule has 1 N–H and O–H groups in total. The maximum Gasteiger partial charge on any atom is 0.140 e. The molecule has 0 radical (unpaired) electrons. The second-order valence-electron chi connectivity index (χ2n) is 6.74. The van der Waals surface area contributed by atoms with Gasteiger partial charge in [-0.1, -0.05) is 0 Å². The van der Waals surface area contributed by atoms with E-state index in [1.807, 2.05) is 0 Å². The predicted octanol–water partition coefficient (Wildman–Crippen LogP) is 2.36. The fourth-order valence-corrected chi connectivity index (χ4v) is 4.78. The minimum atomic E-state index is 0.340. The van der Waals surface area contributed by atoms with Gasteiger partial charge >= 0.3 is 0 Å². The van der Waals surface area contributed by atoms with Gasteiger partial charge in [0.1, 0.15) is 17.0 Å². The van der Waals surface area contributed by atoms with E-state index in [2.05, 4.69) is 31.2 Å². The van der Waals surface area contributed by atoms with Gasteiger partial charge in [-0.2, -0.15) is 0 Å². The van der Waals surface area contributed by atoms with Crippen LogP contribution in [0.15, 0.2) is 17.8 Å². The summed E-state index contributed by atoms with van der Waals surface area (Å²) in [5.74, 6) is 1.58. The molecule has 0 bridgehead atoms. The lowest BCUT2D eigenvalue weighted by Gasteiger charge is -2.42. The van der Waals surface area contributed by atoms with Gasteiger partial charge in [0.25, 0.3) is 0 Å². The Morgan fingerprint density at radius 3 is 2.87 bits per heavy atom. The summed E-state index contributed by atoms with van der Waals surface area (Å²) in [4.78, 5) is 15.0. The molecule has 0 aliphatic carbocycles. The van der Waals surface area contributed by atoms with Crippen molar-refractivity contribution in [2.45, 2.75) is 31.7 Å². The van der Waals surface area contributed by atoms with E-state index in [-0.39, 0.29) is 0 Å². The summed E-state index contributed by atoms with van der Waals surface area (Å²) in [6.07, 6.45) is 6.48. The van der Waals surface area contributed by atoms with Crippen molar-refractivity contribution in [2.24, 2.45) is 5.92 Å². The van der Waals surface area contributed by atoms with Crippen molar-refractivity contribution < 1.29 is 5.11 Å². The SMILES string of the molecule is OCC1CCCN(C2CCN(c3ncnc4sccc34)CC2)C1. The van der Waals surface area contributed by atoms with Gasteiger partial charge in [0.05, 0.1) is 5.39 Å². The monoisotopic (exact) mass is 332 g/mol. The maximum absolute atomic E-state index is 9.43. The molecule has 0 aromatic carbocycles. The number of likely N-dealkylation sites (tertiary alicyclic amines) is 1. The molecule has 23 heavy (non-hydrogen) atoms. The van der Waals surface area contributed by atoms with E-state index in [0.717, 1.165) is 30.3 Å². The molecule has 2 fully saturated rings. The first-order valence-corrected chi connectivity index (χ1v) is 9.51. The zero-order valence-electron chi connectivity index (χ0n) is 13.4. The Morgan fingerprint density at radius 1 is 1.17 bits per heavy atom. The second-order valence-corrected chi connectivity index (χ2v) is 7.64. The normalized spacial score (nSPS) is 24.4. The fraction of sp³-hybridized carbons (Fsp3) is 0.647. The van der Waals surface area contributed by atoms with E-state index in [4.69, 9.17) is 0 Å². The van der Waals surface area contributed by atoms with Crippen molar-refractivity contribution in [1.82, 2.24) is 14.9 Å². The van der Waals surface area contributed by atoms with Crippen LogP contribution < -0.4 is 4.90 Å². The minimum absolute atomic E-state index is 0.340. The number of aliphatic hydroxyl groups is 1. The van der Waals surface area contributed by atoms with Gasteiger partial charge in [-0.25, -0.2) is 9.97 Å². The lowest BCUT2D eigenvalue weighted by Crippen LogP contribution is -2.49. The topological polar surface area (TPSA) is 52.5 Å². The first-order valence-electron chi connectivity index (χ1n) is 8.63. The highest BCUT2D eigenvalue weighted by Gasteiger charge is 2.29. The van der Waals surface area contributed by atoms with Crippen LogP contribution in [-0.4, -0.2) is 58.8 Å². The summed E-state index contributed by atoms with van der Waals surface area (Å²) in [7, 11) is 0. The van der Waals surface area contributed by atoms with Gasteiger partial charge in [-0.15, -0.1) is 11.3 Å². The molecule has 5 nitrogen and oxygen atoms in total. The number of hydrogen-bond acceptors (Lipinski definition) is 6. The number of aliphatic hydroxyl groups excluding tert-OH is 1. The van der Waals surface area contributed by atoms with Crippen LogP contribution in [-0.2, 0) is 0 Å². The molecule has 2 aromatic heterocycles. The van der Waals surface area contributed by atoms with Crippen LogP contribution >= 0.6 is 11.3 Å². The maximum atomic E-state index is 9.43. The zero-order chi connectivity index (χ0) is 15.6. The van der Waals surface area contributed by atoms with Gasteiger partial charge in [0.15, 0.2) is 0 Å². The smallest absolute Gasteiger partial charge is 0.140 e. The summed E-state index contributed by atoms with van der Waals surface area (Å²) in [5.41, 5.74) is 0. The summed E-state index contributed by atoms with van der Waals surface area (Å²) in [5, 5.41) is 12.7. The molecule has 6 heteroatoms. The van der Waals surface area contributed by atoms with Gasteiger partial charge < -0.3 is 10.0 Å². The van der Waals surface area contributed by atoms with Crippen molar-refractivity contribution >= 4 is 27.4 Å². The molecule has 2 saturated heterocycles. The first-order chi connectivity index (χ1) is 11.3. The largest absolute Gasteiger partial charge is 0.396 e. The summed E-state index contributed by atoms with van der Waals surface area (Å²) >= 11 is 1.68. The molecule has 4 heterocycles. The average Bonchev–Trinajstić information content (AvgIpc) is 3.11. The molecule has 0 amide bonds. The molecule has 2 aromatic rings. The van der Waals surface area contributed by atoms with Crippen molar-refractivity contribution in [3.63, 3.8) is 0 Å². The van der Waals surface area contributed by atoms with Gasteiger partial charge in [-0.05, 0) is 49.6 Å². The third kappa shape index (κ3) is 3.07. The molecule has 2 aliphatic heterocycles. The summed E-state index contributed by atoms with van der Waals surface area (Å²) in [6, 6.07) is 2.80. The number of fused-ring (bicyclic) bond motifs is 1. The number of nitrogens with zero attached hydrogens (tertiary/aromatic N) is 4. The van der Waals surface area contributed by atoms with Crippen molar-refractivity contribution in [2.75, 3.05) is 37.7 Å². The van der Waals surface area contributed by atoms with E-state index < -0.39 is 0 Å². The average molecular weight is 332 g/mol. The van der Waals surface area contributed by atoms with Gasteiger partial charge in [0.2, 0.25) is 0 Å². The molecule has 0 saturated carbocycles. The van der Waals surface area contributed by atoms with Crippen LogP contribution in [0, 0.1) is 5.92 Å². The van der Waals surface area contributed by atoms with Crippen LogP contribution in [0.4, 0.5) is 5.82 Å². The highest BCUT2D eigenvalue weighted by Crippen LogP contribution is 2.30. The minimum Gasteiger partial charge on any atom is -0.396 e. The van der Waals surface area contributed by atoms with Crippen LogP contribution in [0.2, 0.25) is 0 Å². The molecular formula is C17H24N4OS. The summed E-state index contributed by atoms with van der Waals surface area (Å²) < 4.78 is 0. The van der Waals surface area contributed by atoms with Crippen molar-refractivity contribution in [1.29, 1.82) is 0 Å². The van der Waals surface area contributed by atoms with Crippen LogP contribution in [0.3, 0.4) is 0 Å². The molecule has 124 valence electrons. The Hall–Kier alpha value is -1.24. The Morgan fingerprint density at radius 2 is 2.04 bits per heavy atom. The highest BCUT2D eigenvalue weighted by atomic mass is 32.1. The lowest BCUT2D eigenvalue weighted by atomic mass is 9.94. The third-order valence-electron chi connectivity index (χ3n) is 5.33. The van der Waals surface area contributed by atoms with E-state index in [0.29, 0.717) is 18.6 Å². The van der Waals surface area contributed by atoms with Crippen molar-refractivity contribution in [3.8, 4) is 0 Å². The molecule has 2 aliphatic rings. The zero-order valence-corrected chi connectivity index (χ0v) is 14.2. The lowest BCUT2D eigenvalue weighted by molar-refractivity contribution is 0.0777. The van der Waals surface area contributed by atoms with Gasteiger partial charge in [-0.3, -0.25) is 4.90 Å². The first kappa shape index (κ1) is 15.3. The predicted molar refractivity (Wildman–Crippen MR) is 94.0 cm³/mol. The Kier molecular flexibility index (Phi) is 4.46. The number of rotatable bonds is 3. The van der Waals surface area contributed by atoms with Gasteiger partial charge in [0, 0.05) is 32.3 Å². The molecular weight excluding hydrogens is 308 g/mol. The Bertz CT molecular complexity index is 653. The summed E-state index contributed by atoms with van der Waals surface area (Å²) in [6.45, 7) is 4.74. The number of piperidine rings is 2. The molecule has 4 rings (SSSR count). The Balaban J connectivity index is 1.42.